The zero-order chi connectivity index (χ0) is 23.4. The van der Waals surface area contributed by atoms with Crippen molar-refractivity contribution in [1.29, 1.82) is 0 Å². The minimum atomic E-state index is -0.444. The predicted molar refractivity (Wildman–Crippen MR) is 132 cm³/mol. The molecule has 0 aliphatic rings. The summed E-state index contributed by atoms with van der Waals surface area (Å²) in [5.74, 6) is -0.179. The summed E-state index contributed by atoms with van der Waals surface area (Å²) >= 11 is 0. The molecule has 0 N–H and O–H groups in total. The first-order valence-electron chi connectivity index (χ1n) is 13.0. The van der Waals surface area contributed by atoms with E-state index in [9.17, 15) is 9.59 Å². The zero-order valence-electron chi connectivity index (χ0n) is 20.8. The van der Waals surface area contributed by atoms with E-state index in [0.29, 0.717) is 30.3 Å². The molecule has 0 fully saturated rings. The van der Waals surface area contributed by atoms with Gasteiger partial charge in [0.1, 0.15) is 0 Å². The zero-order valence-corrected chi connectivity index (χ0v) is 20.8. The maximum atomic E-state index is 12.5. The molecule has 1 aromatic carbocycles. The quantitative estimate of drug-likeness (QED) is 0.159. The van der Waals surface area contributed by atoms with Crippen LogP contribution in [0.5, 0.6) is 0 Å². The van der Waals surface area contributed by atoms with Crippen LogP contribution in [0.3, 0.4) is 0 Å². The fourth-order valence-electron chi connectivity index (χ4n) is 3.75. The van der Waals surface area contributed by atoms with Gasteiger partial charge in [0, 0.05) is 0 Å². The van der Waals surface area contributed by atoms with E-state index in [1.54, 1.807) is 24.3 Å². The molecule has 0 aliphatic carbocycles. The van der Waals surface area contributed by atoms with E-state index >= 15 is 0 Å². The van der Waals surface area contributed by atoms with Crippen LogP contribution in [0.4, 0.5) is 0 Å². The maximum absolute atomic E-state index is 12.5. The Kier molecular flexibility index (Phi) is 16.5. The topological polar surface area (TPSA) is 52.6 Å². The highest BCUT2D eigenvalue weighted by Gasteiger charge is 2.18. The minimum absolute atomic E-state index is 0.294. The van der Waals surface area contributed by atoms with Gasteiger partial charge in [-0.15, -0.1) is 0 Å². The molecule has 4 heteroatoms. The van der Waals surface area contributed by atoms with Crippen molar-refractivity contribution in [3.8, 4) is 0 Å². The van der Waals surface area contributed by atoms with Crippen LogP contribution in [-0.4, -0.2) is 25.2 Å². The predicted octanol–water partition coefficient (Wildman–Crippen LogP) is 8.14. The summed E-state index contributed by atoms with van der Waals surface area (Å²) < 4.78 is 10.8. The Morgan fingerprint density at radius 1 is 0.656 bits per heavy atom. The summed E-state index contributed by atoms with van der Waals surface area (Å²) in [5.41, 5.74) is 0.590. The second-order valence-electron chi connectivity index (χ2n) is 9.24. The van der Waals surface area contributed by atoms with Gasteiger partial charge in [-0.1, -0.05) is 110 Å². The molecule has 0 amide bonds. The Morgan fingerprint density at radius 3 is 1.50 bits per heavy atom. The Hall–Kier alpha value is -1.84. The number of unbranched alkanes of at least 4 members (excludes halogenated alkanes) is 11. The van der Waals surface area contributed by atoms with Gasteiger partial charge in [-0.25, -0.2) is 9.59 Å². The summed E-state index contributed by atoms with van der Waals surface area (Å²) in [5, 5.41) is 0. The molecule has 0 radical (unpaired) electrons. The van der Waals surface area contributed by atoms with Gasteiger partial charge in [-0.3, -0.25) is 0 Å². The van der Waals surface area contributed by atoms with Crippen LogP contribution in [0.15, 0.2) is 24.3 Å². The lowest BCUT2D eigenvalue weighted by atomic mass is 10.1. The Morgan fingerprint density at radius 2 is 1.06 bits per heavy atom. The number of carbonyl (C=O) groups is 2. The molecule has 0 aliphatic heterocycles. The van der Waals surface area contributed by atoms with Crippen LogP contribution in [-0.2, 0) is 9.47 Å². The van der Waals surface area contributed by atoms with Crippen molar-refractivity contribution in [1.82, 2.24) is 0 Å². The van der Waals surface area contributed by atoms with Crippen molar-refractivity contribution in [2.45, 2.75) is 111 Å². The van der Waals surface area contributed by atoms with Gasteiger partial charge in [-0.05, 0) is 30.9 Å². The van der Waals surface area contributed by atoms with E-state index in [0.717, 1.165) is 32.1 Å². The van der Waals surface area contributed by atoms with Gasteiger partial charge >= 0.3 is 11.9 Å². The Balaban J connectivity index is 2.23. The molecular formula is C28H46O4. The van der Waals surface area contributed by atoms with E-state index in [2.05, 4.69) is 20.8 Å². The smallest absolute Gasteiger partial charge is 0.339 e. The first-order valence-corrected chi connectivity index (χ1v) is 13.0. The third-order valence-electron chi connectivity index (χ3n) is 5.76. The molecular weight excluding hydrogens is 400 g/mol. The van der Waals surface area contributed by atoms with Crippen molar-refractivity contribution in [3.05, 3.63) is 35.4 Å². The lowest BCUT2D eigenvalue weighted by Gasteiger charge is -2.10. The summed E-state index contributed by atoms with van der Waals surface area (Å²) in [4.78, 5) is 24.9. The van der Waals surface area contributed by atoms with Crippen LogP contribution in [0.1, 0.15) is 131 Å². The molecule has 0 saturated heterocycles. The number of benzene rings is 1. The molecule has 0 atom stereocenters. The highest BCUT2D eigenvalue weighted by molar-refractivity contribution is 6.03. The third-order valence-corrected chi connectivity index (χ3v) is 5.76. The second-order valence-corrected chi connectivity index (χ2v) is 9.24. The number of hydrogen-bond acceptors (Lipinski definition) is 4. The average Bonchev–Trinajstić information content (AvgIpc) is 2.79. The summed E-state index contributed by atoms with van der Waals surface area (Å²) in [6.07, 6.45) is 16.6. The first-order chi connectivity index (χ1) is 15.6. The summed E-state index contributed by atoms with van der Waals surface area (Å²) in [6.45, 7) is 7.46. The SMILES string of the molecule is CCCCCCCCCCCCOC(=O)c1ccccc1C(=O)OCCCCCC(C)C. The van der Waals surface area contributed by atoms with E-state index in [1.165, 1.54) is 57.8 Å². The lowest BCUT2D eigenvalue weighted by Crippen LogP contribution is -2.15. The molecule has 0 spiro atoms. The van der Waals surface area contributed by atoms with Crippen molar-refractivity contribution in [2.24, 2.45) is 5.92 Å². The molecule has 0 saturated carbocycles. The Bertz CT molecular complexity index is 624. The van der Waals surface area contributed by atoms with E-state index in [-0.39, 0.29) is 0 Å². The van der Waals surface area contributed by atoms with Crippen molar-refractivity contribution < 1.29 is 19.1 Å². The standard InChI is InChI=1S/C28H46O4/c1-4-5-6-7-8-9-10-11-12-17-22-31-27(29)25-20-15-16-21-26(25)28(30)32-23-18-13-14-19-24(2)3/h15-16,20-21,24H,4-14,17-19,22-23H2,1-3H3. The molecule has 0 heterocycles. The number of esters is 2. The fourth-order valence-corrected chi connectivity index (χ4v) is 3.75. The van der Waals surface area contributed by atoms with E-state index in [1.807, 2.05) is 0 Å². The van der Waals surface area contributed by atoms with Crippen LogP contribution in [0, 0.1) is 5.92 Å². The van der Waals surface area contributed by atoms with Crippen molar-refractivity contribution in [3.63, 3.8) is 0 Å². The molecule has 1 aromatic rings. The number of rotatable bonds is 19. The molecule has 1 rings (SSSR count). The molecule has 0 bridgehead atoms. The second kappa shape index (κ2) is 18.7. The summed E-state index contributed by atoms with van der Waals surface area (Å²) in [6, 6.07) is 6.77. The van der Waals surface area contributed by atoms with Crippen LogP contribution in [0.2, 0.25) is 0 Å². The van der Waals surface area contributed by atoms with E-state index in [4.69, 9.17) is 9.47 Å². The minimum Gasteiger partial charge on any atom is -0.462 e. The normalized spacial score (nSPS) is 11.0. The third kappa shape index (κ3) is 13.5. The molecule has 0 aromatic heterocycles. The Labute approximate surface area is 196 Å². The van der Waals surface area contributed by atoms with Crippen LogP contribution >= 0.6 is 0 Å². The van der Waals surface area contributed by atoms with Gasteiger partial charge < -0.3 is 9.47 Å². The fraction of sp³-hybridized carbons (Fsp3) is 0.714. The molecule has 4 nitrogen and oxygen atoms in total. The monoisotopic (exact) mass is 446 g/mol. The van der Waals surface area contributed by atoms with Gasteiger partial charge in [-0.2, -0.15) is 0 Å². The van der Waals surface area contributed by atoms with Crippen LogP contribution < -0.4 is 0 Å². The average molecular weight is 447 g/mol. The molecule has 182 valence electrons. The summed E-state index contributed by atoms with van der Waals surface area (Å²) in [7, 11) is 0. The first kappa shape index (κ1) is 28.2. The number of carbonyl (C=O) groups excluding carboxylic acids is 2. The van der Waals surface area contributed by atoms with Crippen molar-refractivity contribution in [2.75, 3.05) is 13.2 Å². The highest BCUT2D eigenvalue weighted by atomic mass is 16.5. The molecule has 32 heavy (non-hydrogen) atoms. The van der Waals surface area contributed by atoms with Crippen molar-refractivity contribution >= 4 is 11.9 Å². The van der Waals surface area contributed by atoms with Gasteiger partial charge in [0.15, 0.2) is 0 Å². The highest BCUT2D eigenvalue weighted by Crippen LogP contribution is 2.14. The van der Waals surface area contributed by atoms with Gasteiger partial charge in [0.25, 0.3) is 0 Å². The van der Waals surface area contributed by atoms with Gasteiger partial charge in [0.05, 0.1) is 24.3 Å². The lowest BCUT2D eigenvalue weighted by molar-refractivity contribution is 0.0450. The van der Waals surface area contributed by atoms with Gasteiger partial charge in [0.2, 0.25) is 0 Å². The largest absolute Gasteiger partial charge is 0.462 e. The number of ether oxygens (including phenoxy) is 2. The maximum Gasteiger partial charge on any atom is 0.339 e. The van der Waals surface area contributed by atoms with Crippen LogP contribution in [0.25, 0.3) is 0 Å². The number of hydrogen-bond donors (Lipinski definition) is 0. The van der Waals surface area contributed by atoms with E-state index < -0.39 is 11.9 Å². The molecule has 0 unspecified atom stereocenters.